The van der Waals surface area contributed by atoms with Crippen LogP contribution in [-0.2, 0) is 12.8 Å². The van der Waals surface area contributed by atoms with E-state index in [9.17, 15) is 10.2 Å². The molecular formula is C16H18O2. The van der Waals surface area contributed by atoms with Crippen molar-refractivity contribution in [3.63, 3.8) is 0 Å². The minimum absolute atomic E-state index is 0.329. The second kappa shape index (κ2) is 5.13. The first-order valence-corrected chi connectivity index (χ1v) is 6.29. The molecule has 0 fully saturated rings. The van der Waals surface area contributed by atoms with E-state index in [1.54, 1.807) is 12.1 Å². The van der Waals surface area contributed by atoms with Crippen molar-refractivity contribution in [2.24, 2.45) is 0 Å². The van der Waals surface area contributed by atoms with Gasteiger partial charge in [0.2, 0.25) is 0 Å². The predicted molar refractivity (Wildman–Crippen MR) is 74.0 cm³/mol. The Balaban J connectivity index is 2.45. The summed E-state index contributed by atoms with van der Waals surface area (Å²) in [5.74, 6) is 0.664. The van der Waals surface area contributed by atoms with E-state index in [1.807, 2.05) is 38.1 Å². The lowest BCUT2D eigenvalue weighted by Gasteiger charge is -2.08. The van der Waals surface area contributed by atoms with Gasteiger partial charge in [-0.1, -0.05) is 32.0 Å². The van der Waals surface area contributed by atoms with Gasteiger partial charge in [-0.2, -0.15) is 0 Å². The maximum Gasteiger partial charge on any atom is 0.119 e. The number of hydrogen-bond acceptors (Lipinski definition) is 2. The Bertz CT molecular complexity index is 559. The van der Waals surface area contributed by atoms with E-state index in [0.717, 1.165) is 35.1 Å². The van der Waals surface area contributed by atoms with Crippen LogP contribution in [0.1, 0.15) is 25.0 Å². The van der Waals surface area contributed by atoms with Gasteiger partial charge in [0.15, 0.2) is 0 Å². The number of aromatic hydroxyl groups is 2. The van der Waals surface area contributed by atoms with Crippen molar-refractivity contribution in [1.82, 2.24) is 0 Å². The Morgan fingerprint density at radius 2 is 1.33 bits per heavy atom. The SMILES string of the molecule is CCc1ccc(-c2ccc(O)c(CC)c2)cc1O. The van der Waals surface area contributed by atoms with E-state index >= 15 is 0 Å². The normalized spacial score (nSPS) is 10.6. The lowest BCUT2D eigenvalue weighted by Crippen LogP contribution is -1.86. The standard InChI is InChI=1S/C16H18O2/c1-3-11-5-6-14(10-16(11)18)13-7-8-15(17)12(4-2)9-13/h5-10,17-18H,3-4H2,1-2H3. The summed E-state index contributed by atoms with van der Waals surface area (Å²) in [6, 6.07) is 11.3. The molecular weight excluding hydrogens is 224 g/mol. The van der Waals surface area contributed by atoms with Gasteiger partial charge in [0.05, 0.1) is 0 Å². The van der Waals surface area contributed by atoms with E-state index in [0.29, 0.717) is 11.5 Å². The van der Waals surface area contributed by atoms with E-state index in [4.69, 9.17) is 0 Å². The van der Waals surface area contributed by atoms with Gasteiger partial charge in [0.25, 0.3) is 0 Å². The Morgan fingerprint density at radius 3 is 1.94 bits per heavy atom. The molecule has 0 spiro atoms. The van der Waals surface area contributed by atoms with Crippen LogP contribution in [0.3, 0.4) is 0 Å². The number of phenols is 2. The number of phenolic OH excluding ortho intramolecular Hbond substituents is 2. The maximum atomic E-state index is 9.88. The monoisotopic (exact) mass is 242 g/mol. The lowest BCUT2D eigenvalue weighted by molar-refractivity contribution is 0.469. The molecule has 0 saturated carbocycles. The van der Waals surface area contributed by atoms with Gasteiger partial charge in [-0.05, 0) is 53.3 Å². The molecule has 0 aliphatic heterocycles. The minimum atomic E-state index is 0.329. The summed E-state index contributed by atoms with van der Waals surface area (Å²) in [5.41, 5.74) is 3.86. The van der Waals surface area contributed by atoms with E-state index in [1.165, 1.54) is 0 Å². The highest BCUT2D eigenvalue weighted by Crippen LogP contribution is 2.30. The van der Waals surface area contributed by atoms with Crippen LogP contribution in [0.25, 0.3) is 11.1 Å². The molecule has 0 aliphatic carbocycles. The molecule has 2 aromatic rings. The van der Waals surface area contributed by atoms with Gasteiger partial charge in [-0.3, -0.25) is 0 Å². The van der Waals surface area contributed by atoms with Crippen LogP contribution in [0.15, 0.2) is 36.4 Å². The zero-order valence-electron chi connectivity index (χ0n) is 10.8. The Hall–Kier alpha value is -1.96. The summed E-state index contributed by atoms with van der Waals surface area (Å²) < 4.78 is 0. The average molecular weight is 242 g/mol. The molecule has 2 heteroatoms. The smallest absolute Gasteiger partial charge is 0.119 e. The van der Waals surface area contributed by atoms with E-state index < -0.39 is 0 Å². The van der Waals surface area contributed by atoms with Crippen molar-refractivity contribution in [2.75, 3.05) is 0 Å². The lowest BCUT2D eigenvalue weighted by atomic mass is 9.99. The van der Waals surface area contributed by atoms with Crippen LogP contribution >= 0.6 is 0 Å². The molecule has 2 aromatic carbocycles. The Labute approximate surface area is 108 Å². The molecule has 94 valence electrons. The van der Waals surface area contributed by atoms with Crippen LogP contribution in [0.2, 0.25) is 0 Å². The first-order valence-electron chi connectivity index (χ1n) is 6.29. The molecule has 0 amide bonds. The maximum absolute atomic E-state index is 9.88. The molecule has 2 rings (SSSR count). The van der Waals surface area contributed by atoms with Crippen molar-refractivity contribution in [3.05, 3.63) is 47.5 Å². The second-order valence-corrected chi connectivity index (χ2v) is 4.39. The molecule has 0 radical (unpaired) electrons. The molecule has 0 aromatic heterocycles. The highest BCUT2D eigenvalue weighted by Gasteiger charge is 2.05. The minimum Gasteiger partial charge on any atom is -0.508 e. The summed E-state index contributed by atoms with van der Waals surface area (Å²) in [4.78, 5) is 0. The highest BCUT2D eigenvalue weighted by atomic mass is 16.3. The van der Waals surface area contributed by atoms with Gasteiger partial charge in [0, 0.05) is 0 Å². The summed E-state index contributed by atoms with van der Waals surface area (Å²) in [6.45, 7) is 4.03. The summed E-state index contributed by atoms with van der Waals surface area (Å²) in [7, 11) is 0. The molecule has 0 heterocycles. The zero-order valence-corrected chi connectivity index (χ0v) is 10.8. The number of benzene rings is 2. The van der Waals surface area contributed by atoms with Gasteiger partial charge < -0.3 is 10.2 Å². The first kappa shape index (κ1) is 12.5. The number of aryl methyl sites for hydroxylation is 2. The second-order valence-electron chi connectivity index (χ2n) is 4.39. The van der Waals surface area contributed by atoms with Gasteiger partial charge >= 0.3 is 0 Å². The Morgan fingerprint density at radius 1 is 0.722 bits per heavy atom. The predicted octanol–water partition coefficient (Wildman–Crippen LogP) is 3.89. The van der Waals surface area contributed by atoms with Crippen LogP contribution in [-0.4, -0.2) is 10.2 Å². The van der Waals surface area contributed by atoms with Crippen LogP contribution in [0.5, 0.6) is 11.5 Å². The molecule has 0 atom stereocenters. The Kier molecular flexibility index (Phi) is 3.56. The first-order chi connectivity index (χ1) is 8.65. The summed E-state index contributed by atoms with van der Waals surface area (Å²) >= 11 is 0. The highest BCUT2D eigenvalue weighted by molar-refractivity contribution is 5.67. The van der Waals surface area contributed by atoms with Crippen molar-refractivity contribution < 1.29 is 10.2 Å². The van der Waals surface area contributed by atoms with Crippen LogP contribution in [0.4, 0.5) is 0 Å². The molecule has 0 aliphatic rings. The molecule has 0 unspecified atom stereocenters. The average Bonchev–Trinajstić information content (AvgIpc) is 2.39. The van der Waals surface area contributed by atoms with Crippen molar-refractivity contribution in [3.8, 4) is 22.6 Å². The quantitative estimate of drug-likeness (QED) is 0.857. The van der Waals surface area contributed by atoms with E-state index in [2.05, 4.69) is 0 Å². The molecule has 2 nitrogen and oxygen atoms in total. The zero-order chi connectivity index (χ0) is 13.1. The number of hydrogen-bond donors (Lipinski definition) is 2. The molecule has 18 heavy (non-hydrogen) atoms. The third-order valence-corrected chi connectivity index (χ3v) is 3.26. The fraction of sp³-hybridized carbons (Fsp3) is 0.250. The van der Waals surface area contributed by atoms with Crippen molar-refractivity contribution in [1.29, 1.82) is 0 Å². The molecule has 0 saturated heterocycles. The largest absolute Gasteiger partial charge is 0.508 e. The fourth-order valence-corrected chi connectivity index (χ4v) is 2.09. The van der Waals surface area contributed by atoms with Gasteiger partial charge in [0.1, 0.15) is 11.5 Å². The van der Waals surface area contributed by atoms with Gasteiger partial charge in [-0.15, -0.1) is 0 Å². The molecule has 0 bridgehead atoms. The van der Waals surface area contributed by atoms with Crippen LogP contribution in [0, 0.1) is 0 Å². The third-order valence-electron chi connectivity index (χ3n) is 3.26. The van der Waals surface area contributed by atoms with Gasteiger partial charge in [-0.25, -0.2) is 0 Å². The topological polar surface area (TPSA) is 40.5 Å². The van der Waals surface area contributed by atoms with Crippen molar-refractivity contribution >= 4 is 0 Å². The van der Waals surface area contributed by atoms with Crippen LogP contribution < -0.4 is 0 Å². The fourth-order valence-electron chi connectivity index (χ4n) is 2.09. The number of rotatable bonds is 3. The summed E-state index contributed by atoms with van der Waals surface area (Å²) in [5, 5.41) is 19.6. The van der Waals surface area contributed by atoms with Crippen molar-refractivity contribution in [2.45, 2.75) is 26.7 Å². The summed E-state index contributed by atoms with van der Waals surface area (Å²) in [6.07, 6.45) is 1.61. The van der Waals surface area contributed by atoms with E-state index in [-0.39, 0.29) is 0 Å². The third kappa shape index (κ3) is 2.33. The molecule has 2 N–H and O–H groups in total.